The summed E-state index contributed by atoms with van der Waals surface area (Å²) in [6, 6.07) is 0.555. The van der Waals surface area contributed by atoms with Gasteiger partial charge in [0.1, 0.15) is 0 Å². The van der Waals surface area contributed by atoms with Gasteiger partial charge in [0.05, 0.1) is 6.33 Å². The van der Waals surface area contributed by atoms with Gasteiger partial charge in [-0.2, -0.15) is 0 Å². The summed E-state index contributed by atoms with van der Waals surface area (Å²) in [7, 11) is 0. The Morgan fingerprint density at radius 1 is 1.32 bits per heavy atom. The minimum absolute atomic E-state index is 0.294. The van der Waals surface area contributed by atoms with E-state index in [2.05, 4.69) is 48.8 Å². The molecule has 1 fully saturated rings. The molecule has 2 rings (SSSR count). The van der Waals surface area contributed by atoms with Crippen LogP contribution in [-0.4, -0.2) is 22.6 Å². The molecule has 1 saturated heterocycles. The summed E-state index contributed by atoms with van der Waals surface area (Å²) in [5, 5.41) is 3.47. The van der Waals surface area contributed by atoms with Crippen LogP contribution in [0.2, 0.25) is 0 Å². The fourth-order valence-electron chi connectivity index (χ4n) is 3.53. The van der Waals surface area contributed by atoms with Crippen LogP contribution in [0.25, 0.3) is 0 Å². The standard InChI is InChI=1S/C16H29N3/c1-5-14(6-2)13(3)19-12-18-11-15(19)16(4)7-9-17-10-8-16/h11-14,17H,5-10H2,1-4H3. The number of rotatable bonds is 5. The van der Waals surface area contributed by atoms with Gasteiger partial charge in [-0.25, -0.2) is 4.98 Å². The highest BCUT2D eigenvalue weighted by Gasteiger charge is 2.33. The highest BCUT2D eigenvalue weighted by atomic mass is 15.1. The highest BCUT2D eigenvalue weighted by Crippen LogP contribution is 2.36. The number of piperidine rings is 1. The molecule has 0 aliphatic carbocycles. The van der Waals surface area contributed by atoms with Gasteiger partial charge in [-0.05, 0) is 38.8 Å². The molecule has 1 aliphatic rings. The molecule has 0 saturated carbocycles. The Morgan fingerprint density at radius 2 is 1.95 bits per heavy atom. The number of nitrogens with zero attached hydrogens (tertiary/aromatic N) is 2. The fraction of sp³-hybridized carbons (Fsp3) is 0.812. The Kier molecular flexibility index (Phi) is 4.67. The van der Waals surface area contributed by atoms with E-state index in [-0.39, 0.29) is 0 Å². The lowest BCUT2D eigenvalue weighted by Gasteiger charge is -2.37. The van der Waals surface area contributed by atoms with Crippen molar-refractivity contribution in [1.82, 2.24) is 14.9 Å². The molecule has 19 heavy (non-hydrogen) atoms. The Morgan fingerprint density at radius 3 is 2.53 bits per heavy atom. The first kappa shape index (κ1) is 14.6. The van der Waals surface area contributed by atoms with Crippen LogP contribution < -0.4 is 5.32 Å². The third-order valence-electron chi connectivity index (χ3n) is 5.16. The predicted octanol–water partition coefficient (Wildman–Crippen LogP) is 3.52. The fourth-order valence-corrected chi connectivity index (χ4v) is 3.53. The third kappa shape index (κ3) is 2.86. The van der Waals surface area contributed by atoms with Crippen molar-refractivity contribution in [3.63, 3.8) is 0 Å². The molecule has 3 nitrogen and oxygen atoms in total. The van der Waals surface area contributed by atoms with E-state index in [1.807, 2.05) is 6.33 Å². The van der Waals surface area contributed by atoms with Crippen molar-refractivity contribution in [2.75, 3.05) is 13.1 Å². The van der Waals surface area contributed by atoms with Crippen molar-refractivity contribution in [2.24, 2.45) is 5.92 Å². The minimum Gasteiger partial charge on any atom is -0.331 e. The molecule has 1 unspecified atom stereocenters. The van der Waals surface area contributed by atoms with Crippen molar-refractivity contribution in [3.05, 3.63) is 18.2 Å². The van der Waals surface area contributed by atoms with E-state index < -0.39 is 0 Å². The number of aromatic nitrogens is 2. The van der Waals surface area contributed by atoms with Crippen molar-refractivity contribution in [1.29, 1.82) is 0 Å². The first-order valence-corrected chi connectivity index (χ1v) is 7.85. The van der Waals surface area contributed by atoms with Crippen LogP contribution in [0.1, 0.15) is 65.1 Å². The van der Waals surface area contributed by atoms with Gasteiger partial charge in [-0.3, -0.25) is 0 Å². The topological polar surface area (TPSA) is 29.9 Å². The van der Waals surface area contributed by atoms with Crippen molar-refractivity contribution >= 4 is 0 Å². The molecule has 0 bridgehead atoms. The maximum absolute atomic E-state index is 4.46. The molecule has 3 heteroatoms. The van der Waals surface area contributed by atoms with Crippen LogP contribution in [0.4, 0.5) is 0 Å². The summed E-state index contributed by atoms with van der Waals surface area (Å²) in [5.41, 5.74) is 1.73. The number of hydrogen-bond donors (Lipinski definition) is 1. The van der Waals surface area contributed by atoms with E-state index in [4.69, 9.17) is 0 Å². The monoisotopic (exact) mass is 263 g/mol. The normalized spacial score (nSPS) is 20.7. The molecule has 1 aromatic rings. The second-order valence-electron chi connectivity index (χ2n) is 6.31. The molecular weight excluding hydrogens is 234 g/mol. The maximum Gasteiger partial charge on any atom is 0.0950 e. The Labute approximate surface area is 117 Å². The van der Waals surface area contributed by atoms with Gasteiger partial charge in [0, 0.05) is 23.3 Å². The largest absolute Gasteiger partial charge is 0.331 e. The third-order valence-corrected chi connectivity index (χ3v) is 5.16. The molecule has 1 atom stereocenters. The molecule has 0 radical (unpaired) electrons. The van der Waals surface area contributed by atoms with E-state index >= 15 is 0 Å². The van der Waals surface area contributed by atoms with E-state index in [0.717, 1.165) is 19.0 Å². The second-order valence-corrected chi connectivity index (χ2v) is 6.31. The summed E-state index contributed by atoms with van der Waals surface area (Å²) < 4.78 is 2.45. The lowest BCUT2D eigenvalue weighted by atomic mass is 9.78. The number of imidazole rings is 1. The summed E-state index contributed by atoms with van der Waals surface area (Å²) in [5.74, 6) is 0.748. The Balaban J connectivity index is 2.26. The summed E-state index contributed by atoms with van der Waals surface area (Å²) in [6.45, 7) is 11.6. The van der Waals surface area contributed by atoms with Crippen LogP contribution in [0.5, 0.6) is 0 Å². The van der Waals surface area contributed by atoms with Gasteiger partial charge in [-0.15, -0.1) is 0 Å². The van der Waals surface area contributed by atoms with E-state index in [1.54, 1.807) is 0 Å². The van der Waals surface area contributed by atoms with Gasteiger partial charge in [0.25, 0.3) is 0 Å². The molecule has 0 aromatic carbocycles. The van der Waals surface area contributed by atoms with E-state index in [9.17, 15) is 0 Å². The molecule has 1 aromatic heterocycles. The van der Waals surface area contributed by atoms with Gasteiger partial charge in [0.2, 0.25) is 0 Å². The van der Waals surface area contributed by atoms with Crippen LogP contribution in [-0.2, 0) is 5.41 Å². The minimum atomic E-state index is 0.294. The molecule has 1 N–H and O–H groups in total. The first-order valence-electron chi connectivity index (χ1n) is 7.85. The van der Waals surface area contributed by atoms with Gasteiger partial charge < -0.3 is 9.88 Å². The highest BCUT2D eigenvalue weighted by molar-refractivity contribution is 5.16. The van der Waals surface area contributed by atoms with Crippen molar-refractivity contribution < 1.29 is 0 Å². The Bertz CT molecular complexity index is 386. The van der Waals surface area contributed by atoms with E-state index in [0.29, 0.717) is 11.5 Å². The Hall–Kier alpha value is -0.830. The molecule has 108 valence electrons. The summed E-state index contributed by atoms with van der Waals surface area (Å²) in [6.07, 6.45) is 9.07. The van der Waals surface area contributed by atoms with Gasteiger partial charge in [0.15, 0.2) is 0 Å². The zero-order valence-corrected chi connectivity index (χ0v) is 12.9. The SMILES string of the molecule is CCC(CC)C(C)n1cncc1C1(C)CCNCC1. The molecule has 1 aliphatic heterocycles. The molecular formula is C16H29N3. The summed E-state index contributed by atoms with van der Waals surface area (Å²) in [4.78, 5) is 4.46. The lowest BCUT2D eigenvalue weighted by Crippen LogP contribution is -2.39. The number of hydrogen-bond acceptors (Lipinski definition) is 2. The average molecular weight is 263 g/mol. The zero-order valence-electron chi connectivity index (χ0n) is 12.9. The molecule has 0 amide bonds. The smallest absolute Gasteiger partial charge is 0.0950 e. The number of nitrogens with one attached hydrogen (secondary N) is 1. The average Bonchev–Trinajstić information content (AvgIpc) is 2.91. The van der Waals surface area contributed by atoms with Crippen LogP contribution in [0, 0.1) is 5.92 Å². The predicted molar refractivity (Wildman–Crippen MR) is 80.5 cm³/mol. The van der Waals surface area contributed by atoms with Crippen LogP contribution in [0.3, 0.4) is 0 Å². The van der Waals surface area contributed by atoms with Crippen LogP contribution in [0.15, 0.2) is 12.5 Å². The molecule has 2 heterocycles. The van der Waals surface area contributed by atoms with Gasteiger partial charge >= 0.3 is 0 Å². The second kappa shape index (κ2) is 6.08. The van der Waals surface area contributed by atoms with Crippen LogP contribution >= 0.6 is 0 Å². The molecule has 0 spiro atoms. The lowest BCUT2D eigenvalue weighted by molar-refractivity contribution is 0.278. The quantitative estimate of drug-likeness (QED) is 0.881. The van der Waals surface area contributed by atoms with E-state index in [1.165, 1.54) is 31.4 Å². The van der Waals surface area contributed by atoms with Crippen molar-refractivity contribution in [3.8, 4) is 0 Å². The maximum atomic E-state index is 4.46. The first-order chi connectivity index (χ1) is 9.12. The zero-order chi connectivity index (χ0) is 13.9. The van der Waals surface area contributed by atoms with Gasteiger partial charge in [-0.1, -0.05) is 33.6 Å². The summed E-state index contributed by atoms with van der Waals surface area (Å²) >= 11 is 0. The van der Waals surface area contributed by atoms with Crippen molar-refractivity contribution in [2.45, 2.75) is 64.8 Å².